The number of carbonyl (C=O) groups excluding carboxylic acids is 1. The van der Waals surface area contributed by atoms with Crippen LogP contribution in [0, 0.1) is 6.92 Å². The zero-order chi connectivity index (χ0) is 13.0. The molecule has 2 N–H and O–H groups in total. The number of nitrogen functional groups attached to an aromatic ring is 1. The summed E-state index contributed by atoms with van der Waals surface area (Å²) in [7, 11) is 0. The van der Waals surface area contributed by atoms with Crippen molar-refractivity contribution in [2.75, 3.05) is 5.73 Å². The Morgan fingerprint density at radius 3 is 2.72 bits per heavy atom. The second kappa shape index (κ2) is 5.27. The molecule has 0 saturated heterocycles. The lowest BCUT2D eigenvalue weighted by Crippen LogP contribution is -2.09. The number of nitrogens with two attached hydrogens (primary N) is 1. The molecule has 0 radical (unpaired) electrons. The number of anilines is 1. The van der Waals surface area contributed by atoms with Crippen molar-refractivity contribution in [3.8, 4) is 0 Å². The largest absolute Gasteiger partial charge is 0.454 e. The number of carbonyl (C=O) groups is 1. The van der Waals surface area contributed by atoms with Crippen LogP contribution < -0.4 is 5.73 Å². The van der Waals surface area contributed by atoms with E-state index >= 15 is 0 Å². The molecule has 0 aliphatic rings. The Kier molecular flexibility index (Phi) is 3.52. The third kappa shape index (κ3) is 2.82. The second-order valence-corrected chi connectivity index (χ2v) is 3.82. The van der Waals surface area contributed by atoms with E-state index < -0.39 is 5.97 Å². The lowest BCUT2D eigenvalue weighted by molar-refractivity contribution is 0.0461. The number of hydrogen-bond donors (Lipinski definition) is 1. The molecule has 0 bridgehead atoms. The Morgan fingerprint density at radius 2 is 2.06 bits per heavy atom. The molecule has 5 heteroatoms. The quantitative estimate of drug-likeness (QED) is 0.656. The average Bonchev–Trinajstić information content (AvgIpc) is 2.37. The molecule has 0 unspecified atom stereocenters. The summed E-state index contributed by atoms with van der Waals surface area (Å²) >= 11 is 0. The molecule has 0 aliphatic carbocycles. The number of nitrogens with zero attached hydrogens (tertiary/aromatic N) is 2. The highest BCUT2D eigenvalue weighted by atomic mass is 16.5. The maximum atomic E-state index is 11.8. The number of hydrogen-bond acceptors (Lipinski definition) is 5. The smallest absolute Gasteiger partial charge is 0.338 e. The van der Waals surface area contributed by atoms with Crippen LogP contribution in [0.1, 0.15) is 21.7 Å². The Hall–Kier alpha value is -2.43. The number of esters is 1. The van der Waals surface area contributed by atoms with Crippen LogP contribution in [0.4, 0.5) is 5.69 Å². The van der Waals surface area contributed by atoms with Gasteiger partial charge in [-0.05, 0) is 36.8 Å². The van der Waals surface area contributed by atoms with E-state index in [0.717, 1.165) is 5.56 Å². The Labute approximate surface area is 105 Å². The van der Waals surface area contributed by atoms with Crippen molar-refractivity contribution in [3.63, 3.8) is 0 Å². The van der Waals surface area contributed by atoms with Gasteiger partial charge in [0.05, 0.1) is 5.56 Å². The highest BCUT2D eigenvalue weighted by Gasteiger charge is 2.11. The first-order valence-electron chi connectivity index (χ1n) is 5.46. The van der Waals surface area contributed by atoms with Crippen LogP contribution in [0.3, 0.4) is 0 Å². The predicted molar refractivity (Wildman–Crippen MR) is 66.7 cm³/mol. The minimum atomic E-state index is -0.403. The first-order chi connectivity index (χ1) is 8.66. The van der Waals surface area contributed by atoms with Gasteiger partial charge in [0.1, 0.15) is 0 Å². The molecule has 1 aromatic carbocycles. The van der Waals surface area contributed by atoms with Crippen LogP contribution >= 0.6 is 0 Å². The number of aromatic nitrogens is 2. The molecular weight excluding hydrogens is 230 g/mol. The van der Waals surface area contributed by atoms with Gasteiger partial charge in [0, 0.05) is 18.1 Å². The molecule has 18 heavy (non-hydrogen) atoms. The summed E-state index contributed by atoms with van der Waals surface area (Å²) in [6.45, 7) is 1.87. The molecule has 1 aromatic heterocycles. The molecule has 0 saturated carbocycles. The van der Waals surface area contributed by atoms with E-state index in [1.807, 2.05) is 6.92 Å². The number of aryl methyl sites for hydroxylation is 1. The molecule has 2 aromatic rings. The maximum Gasteiger partial charge on any atom is 0.338 e. The van der Waals surface area contributed by atoms with Gasteiger partial charge in [-0.25, -0.2) is 14.8 Å². The van der Waals surface area contributed by atoms with E-state index in [1.54, 1.807) is 36.7 Å². The van der Waals surface area contributed by atoms with Crippen molar-refractivity contribution in [2.24, 2.45) is 0 Å². The molecule has 0 amide bonds. The number of ether oxygens (including phenoxy) is 1. The van der Waals surface area contributed by atoms with Crippen LogP contribution in [-0.2, 0) is 11.3 Å². The van der Waals surface area contributed by atoms with E-state index in [4.69, 9.17) is 10.5 Å². The Bertz CT molecular complexity index is 555. The molecule has 0 aliphatic heterocycles. The molecule has 1 heterocycles. The van der Waals surface area contributed by atoms with E-state index in [9.17, 15) is 4.79 Å². The van der Waals surface area contributed by atoms with Gasteiger partial charge in [0.15, 0.2) is 12.4 Å². The number of benzene rings is 1. The fraction of sp³-hybridized carbons (Fsp3) is 0.154. The third-order valence-electron chi connectivity index (χ3n) is 2.42. The first-order valence-corrected chi connectivity index (χ1v) is 5.46. The van der Waals surface area contributed by atoms with Crippen molar-refractivity contribution in [1.82, 2.24) is 9.97 Å². The van der Waals surface area contributed by atoms with Crippen LogP contribution in [0.2, 0.25) is 0 Å². The van der Waals surface area contributed by atoms with Crippen LogP contribution in [0.5, 0.6) is 0 Å². The molecule has 0 spiro atoms. The van der Waals surface area contributed by atoms with Crippen molar-refractivity contribution in [1.29, 1.82) is 0 Å². The fourth-order valence-electron chi connectivity index (χ4n) is 1.53. The molecule has 0 fully saturated rings. The minimum absolute atomic E-state index is 0.0590. The van der Waals surface area contributed by atoms with Crippen molar-refractivity contribution < 1.29 is 9.53 Å². The fourth-order valence-corrected chi connectivity index (χ4v) is 1.53. The van der Waals surface area contributed by atoms with Gasteiger partial charge < -0.3 is 10.5 Å². The van der Waals surface area contributed by atoms with Crippen LogP contribution in [0.15, 0.2) is 36.7 Å². The normalized spacial score (nSPS) is 10.1. The second-order valence-electron chi connectivity index (χ2n) is 3.82. The Balaban J connectivity index is 2.04. The summed E-state index contributed by atoms with van der Waals surface area (Å²) < 4.78 is 5.13. The molecule has 92 valence electrons. The van der Waals surface area contributed by atoms with Gasteiger partial charge in [-0.3, -0.25) is 0 Å². The first kappa shape index (κ1) is 12.0. The molecule has 2 rings (SSSR count). The summed E-state index contributed by atoms with van der Waals surface area (Å²) in [6.07, 6.45) is 3.20. The molecule has 5 nitrogen and oxygen atoms in total. The highest BCUT2D eigenvalue weighted by molar-refractivity contribution is 5.91. The van der Waals surface area contributed by atoms with Gasteiger partial charge in [-0.1, -0.05) is 0 Å². The monoisotopic (exact) mass is 243 g/mol. The van der Waals surface area contributed by atoms with E-state index in [2.05, 4.69) is 9.97 Å². The summed E-state index contributed by atoms with van der Waals surface area (Å²) in [5.41, 5.74) is 7.53. The maximum absolute atomic E-state index is 11.8. The van der Waals surface area contributed by atoms with Gasteiger partial charge in [-0.15, -0.1) is 0 Å². The minimum Gasteiger partial charge on any atom is -0.454 e. The van der Waals surface area contributed by atoms with E-state index in [0.29, 0.717) is 17.1 Å². The van der Waals surface area contributed by atoms with Gasteiger partial charge in [0.2, 0.25) is 0 Å². The molecule has 0 atom stereocenters. The lowest BCUT2D eigenvalue weighted by Gasteiger charge is -2.06. The predicted octanol–water partition coefficient (Wildman–Crippen LogP) is 1.72. The summed E-state index contributed by atoms with van der Waals surface area (Å²) in [5, 5.41) is 0. The average molecular weight is 243 g/mol. The highest BCUT2D eigenvalue weighted by Crippen LogP contribution is 2.13. The molecular formula is C13H13N3O2. The van der Waals surface area contributed by atoms with Crippen LogP contribution in [0.25, 0.3) is 0 Å². The lowest BCUT2D eigenvalue weighted by atomic mass is 10.1. The number of rotatable bonds is 3. The van der Waals surface area contributed by atoms with E-state index in [-0.39, 0.29) is 6.61 Å². The van der Waals surface area contributed by atoms with Gasteiger partial charge in [0.25, 0.3) is 0 Å². The topological polar surface area (TPSA) is 78.1 Å². The van der Waals surface area contributed by atoms with E-state index in [1.165, 1.54) is 0 Å². The summed E-state index contributed by atoms with van der Waals surface area (Å²) in [5.74, 6) is 0.0684. The zero-order valence-electron chi connectivity index (χ0n) is 9.96. The van der Waals surface area contributed by atoms with Crippen LogP contribution in [-0.4, -0.2) is 15.9 Å². The van der Waals surface area contributed by atoms with Crippen molar-refractivity contribution in [3.05, 3.63) is 53.6 Å². The van der Waals surface area contributed by atoms with Gasteiger partial charge >= 0.3 is 5.97 Å². The standard InChI is InChI=1S/C13H13N3O2/c1-9-7-10(14)3-4-11(9)13(17)18-8-12-15-5-2-6-16-12/h2-7H,8,14H2,1H3. The zero-order valence-corrected chi connectivity index (χ0v) is 9.96. The van der Waals surface area contributed by atoms with Gasteiger partial charge in [-0.2, -0.15) is 0 Å². The Morgan fingerprint density at radius 1 is 1.33 bits per heavy atom. The summed E-state index contributed by atoms with van der Waals surface area (Å²) in [6, 6.07) is 6.76. The summed E-state index contributed by atoms with van der Waals surface area (Å²) in [4.78, 5) is 19.8. The third-order valence-corrected chi connectivity index (χ3v) is 2.42. The SMILES string of the molecule is Cc1cc(N)ccc1C(=O)OCc1ncccn1. The van der Waals surface area contributed by atoms with Crippen molar-refractivity contribution in [2.45, 2.75) is 13.5 Å². The van der Waals surface area contributed by atoms with Crippen molar-refractivity contribution >= 4 is 11.7 Å².